The second-order valence-electron chi connectivity index (χ2n) is 4.60. The average molecular weight is 221 g/mol. The summed E-state index contributed by atoms with van der Waals surface area (Å²) in [6.45, 7) is 7.56. The van der Waals surface area contributed by atoms with Gasteiger partial charge in [-0.15, -0.1) is 0 Å². The third-order valence-corrected chi connectivity index (χ3v) is 2.63. The van der Waals surface area contributed by atoms with E-state index in [1.807, 2.05) is 45.0 Å². The van der Waals surface area contributed by atoms with Crippen molar-refractivity contribution in [3.05, 3.63) is 35.4 Å². The van der Waals surface area contributed by atoms with Gasteiger partial charge >= 0.3 is 5.97 Å². The number of nitrogens with one attached hydrogen (secondary N) is 1. The van der Waals surface area contributed by atoms with Crippen molar-refractivity contribution in [2.24, 2.45) is 0 Å². The van der Waals surface area contributed by atoms with Crippen LogP contribution in [0.1, 0.15) is 31.9 Å². The molecule has 3 nitrogen and oxygen atoms in total. The van der Waals surface area contributed by atoms with Crippen molar-refractivity contribution in [1.29, 1.82) is 0 Å². The SMILES string of the molecule is Cc1ccc(C(C)(NC(C)C)C(=O)O)cc1. The summed E-state index contributed by atoms with van der Waals surface area (Å²) in [7, 11) is 0. The topological polar surface area (TPSA) is 49.3 Å². The summed E-state index contributed by atoms with van der Waals surface area (Å²) in [4.78, 5) is 11.4. The minimum Gasteiger partial charge on any atom is -0.480 e. The Bertz CT molecular complexity index is 370. The molecule has 0 fully saturated rings. The molecule has 0 radical (unpaired) electrons. The van der Waals surface area contributed by atoms with Gasteiger partial charge < -0.3 is 5.11 Å². The van der Waals surface area contributed by atoms with Gasteiger partial charge in [-0.2, -0.15) is 0 Å². The van der Waals surface area contributed by atoms with Crippen molar-refractivity contribution in [2.45, 2.75) is 39.3 Å². The van der Waals surface area contributed by atoms with E-state index in [1.54, 1.807) is 6.92 Å². The zero-order chi connectivity index (χ0) is 12.3. The molecule has 2 N–H and O–H groups in total. The summed E-state index contributed by atoms with van der Waals surface area (Å²) in [5.74, 6) is -0.856. The lowest BCUT2D eigenvalue weighted by atomic mass is 9.90. The molecule has 0 aliphatic carbocycles. The van der Waals surface area contributed by atoms with Crippen LogP contribution in [-0.4, -0.2) is 17.1 Å². The number of rotatable bonds is 4. The molecule has 0 aromatic heterocycles. The molecule has 0 bridgehead atoms. The second kappa shape index (κ2) is 4.66. The summed E-state index contributed by atoms with van der Waals surface area (Å²) in [6, 6.07) is 7.69. The summed E-state index contributed by atoms with van der Waals surface area (Å²) < 4.78 is 0. The highest BCUT2D eigenvalue weighted by Crippen LogP contribution is 2.22. The van der Waals surface area contributed by atoms with Crippen molar-refractivity contribution in [1.82, 2.24) is 5.32 Å². The fourth-order valence-corrected chi connectivity index (χ4v) is 1.73. The minimum atomic E-state index is -1.03. The lowest BCUT2D eigenvalue weighted by Crippen LogP contribution is -2.49. The predicted molar refractivity (Wildman–Crippen MR) is 64.4 cm³/mol. The number of hydrogen-bond acceptors (Lipinski definition) is 2. The van der Waals surface area contributed by atoms with Crippen LogP contribution in [0.2, 0.25) is 0 Å². The molecule has 0 saturated heterocycles. The van der Waals surface area contributed by atoms with Gasteiger partial charge in [-0.25, -0.2) is 4.79 Å². The Morgan fingerprint density at radius 1 is 1.31 bits per heavy atom. The van der Waals surface area contributed by atoms with Crippen molar-refractivity contribution in [3.8, 4) is 0 Å². The molecular formula is C13H19NO2. The van der Waals surface area contributed by atoms with Gasteiger partial charge in [0.15, 0.2) is 0 Å². The van der Waals surface area contributed by atoms with E-state index < -0.39 is 11.5 Å². The first-order chi connectivity index (χ1) is 7.36. The molecule has 1 aromatic carbocycles. The Hall–Kier alpha value is -1.35. The third kappa shape index (κ3) is 2.61. The predicted octanol–water partition coefficient (Wildman–Crippen LogP) is 2.29. The van der Waals surface area contributed by atoms with Gasteiger partial charge in [0.25, 0.3) is 0 Å². The molecule has 0 saturated carbocycles. The van der Waals surface area contributed by atoms with E-state index in [4.69, 9.17) is 0 Å². The van der Waals surface area contributed by atoms with Crippen LogP contribution < -0.4 is 5.32 Å². The molecular weight excluding hydrogens is 202 g/mol. The van der Waals surface area contributed by atoms with Gasteiger partial charge in [-0.1, -0.05) is 29.8 Å². The van der Waals surface area contributed by atoms with Gasteiger partial charge in [0.05, 0.1) is 0 Å². The Morgan fingerprint density at radius 2 is 1.81 bits per heavy atom. The fraction of sp³-hybridized carbons (Fsp3) is 0.462. The molecule has 0 spiro atoms. The standard InChI is InChI=1S/C13H19NO2/c1-9(2)14-13(4,12(15)16)11-7-5-10(3)6-8-11/h5-9,14H,1-4H3,(H,15,16). The van der Waals surface area contributed by atoms with Gasteiger partial charge in [0.1, 0.15) is 5.54 Å². The number of carboxylic acid groups (broad SMARTS) is 1. The number of aliphatic carboxylic acids is 1. The first-order valence-corrected chi connectivity index (χ1v) is 5.44. The Labute approximate surface area is 96.5 Å². The van der Waals surface area contributed by atoms with E-state index >= 15 is 0 Å². The monoisotopic (exact) mass is 221 g/mol. The van der Waals surface area contributed by atoms with E-state index in [2.05, 4.69) is 5.32 Å². The molecule has 16 heavy (non-hydrogen) atoms. The van der Waals surface area contributed by atoms with Crippen molar-refractivity contribution in [2.75, 3.05) is 0 Å². The summed E-state index contributed by atoms with van der Waals surface area (Å²) in [5, 5.41) is 12.4. The van der Waals surface area contributed by atoms with Crippen LogP contribution in [0.3, 0.4) is 0 Å². The number of hydrogen-bond donors (Lipinski definition) is 2. The van der Waals surface area contributed by atoms with Crippen LogP contribution in [0.15, 0.2) is 24.3 Å². The van der Waals surface area contributed by atoms with Crippen LogP contribution in [-0.2, 0) is 10.3 Å². The molecule has 0 aliphatic rings. The number of benzene rings is 1. The second-order valence-corrected chi connectivity index (χ2v) is 4.60. The molecule has 0 heterocycles. The van der Waals surface area contributed by atoms with Gasteiger partial charge in [-0.05, 0) is 33.3 Å². The van der Waals surface area contributed by atoms with Gasteiger partial charge in [-0.3, -0.25) is 5.32 Å². The van der Waals surface area contributed by atoms with Gasteiger partial charge in [0.2, 0.25) is 0 Å². The first kappa shape index (κ1) is 12.7. The lowest BCUT2D eigenvalue weighted by molar-refractivity contribution is -0.144. The maximum absolute atomic E-state index is 11.4. The molecule has 1 unspecified atom stereocenters. The fourth-order valence-electron chi connectivity index (χ4n) is 1.73. The molecule has 1 atom stereocenters. The third-order valence-electron chi connectivity index (χ3n) is 2.63. The maximum atomic E-state index is 11.4. The Balaban J connectivity index is 3.11. The normalized spacial score (nSPS) is 14.8. The Morgan fingerprint density at radius 3 is 2.19 bits per heavy atom. The smallest absolute Gasteiger partial charge is 0.328 e. The van der Waals surface area contributed by atoms with Crippen molar-refractivity contribution >= 4 is 5.97 Å². The van der Waals surface area contributed by atoms with E-state index in [1.165, 1.54) is 0 Å². The van der Waals surface area contributed by atoms with Crippen LogP contribution in [0.4, 0.5) is 0 Å². The quantitative estimate of drug-likeness (QED) is 0.820. The molecule has 1 aromatic rings. The summed E-state index contributed by atoms with van der Waals surface area (Å²) >= 11 is 0. The summed E-state index contributed by atoms with van der Waals surface area (Å²) in [5.41, 5.74) is 0.877. The average Bonchev–Trinajstić information content (AvgIpc) is 2.17. The van der Waals surface area contributed by atoms with E-state index in [0.717, 1.165) is 11.1 Å². The van der Waals surface area contributed by atoms with Crippen LogP contribution in [0.5, 0.6) is 0 Å². The highest BCUT2D eigenvalue weighted by atomic mass is 16.4. The van der Waals surface area contributed by atoms with Crippen molar-refractivity contribution < 1.29 is 9.90 Å². The minimum absolute atomic E-state index is 0.113. The molecule has 88 valence electrons. The number of aryl methyl sites for hydroxylation is 1. The zero-order valence-electron chi connectivity index (χ0n) is 10.2. The van der Waals surface area contributed by atoms with E-state index in [0.29, 0.717) is 0 Å². The van der Waals surface area contributed by atoms with E-state index in [9.17, 15) is 9.90 Å². The van der Waals surface area contributed by atoms with Crippen molar-refractivity contribution in [3.63, 3.8) is 0 Å². The first-order valence-electron chi connectivity index (χ1n) is 5.44. The van der Waals surface area contributed by atoms with E-state index in [-0.39, 0.29) is 6.04 Å². The zero-order valence-corrected chi connectivity index (χ0v) is 10.2. The Kier molecular flexibility index (Phi) is 3.70. The largest absolute Gasteiger partial charge is 0.480 e. The summed E-state index contributed by atoms with van der Waals surface area (Å²) in [6.07, 6.45) is 0. The van der Waals surface area contributed by atoms with Crippen LogP contribution in [0, 0.1) is 6.92 Å². The van der Waals surface area contributed by atoms with Crippen LogP contribution >= 0.6 is 0 Å². The molecule has 0 aliphatic heterocycles. The molecule has 0 amide bonds. The molecule has 3 heteroatoms. The highest BCUT2D eigenvalue weighted by molar-refractivity contribution is 5.80. The number of carbonyl (C=O) groups is 1. The van der Waals surface area contributed by atoms with Gasteiger partial charge in [0, 0.05) is 6.04 Å². The lowest BCUT2D eigenvalue weighted by Gasteiger charge is -2.29. The number of carboxylic acids is 1. The highest BCUT2D eigenvalue weighted by Gasteiger charge is 2.35. The van der Waals surface area contributed by atoms with Crippen LogP contribution in [0.25, 0.3) is 0 Å². The molecule has 1 rings (SSSR count). The maximum Gasteiger partial charge on any atom is 0.328 e.